The molecular weight excluding hydrogens is 417 g/mol. The quantitative estimate of drug-likeness (QED) is 0.705. The van der Waals surface area contributed by atoms with Gasteiger partial charge in [-0.1, -0.05) is 23.7 Å². The smallest absolute Gasteiger partial charge is 0.326 e. The lowest BCUT2D eigenvalue weighted by atomic mass is 10.0. The number of rotatable bonds is 3. The van der Waals surface area contributed by atoms with Crippen LogP contribution in [0.25, 0.3) is 0 Å². The first-order chi connectivity index (χ1) is 14.3. The summed E-state index contributed by atoms with van der Waals surface area (Å²) in [6.45, 7) is 1.53. The zero-order valence-electron chi connectivity index (χ0n) is 16.2. The van der Waals surface area contributed by atoms with Crippen molar-refractivity contribution in [3.8, 4) is 0 Å². The van der Waals surface area contributed by atoms with Gasteiger partial charge in [0.1, 0.15) is 5.82 Å². The summed E-state index contributed by atoms with van der Waals surface area (Å²) < 4.78 is 40.5. The number of halogens is 4. The predicted molar refractivity (Wildman–Crippen MR) is 112 cm³/mol. The second-order valence-electron chi connectivity index (χ2n) is 7.64. The first-order valence-electron chi connectivity index (χ1n) is 9.81. The SMILES string of the molecule is O=C(Nc1ccc(F)c(Cl)c1)N1c2ccccc2NCC1CN1CCC(F)(F)CC1. The van der Waals surface area contributed by atoms with E-state index in [4.69, 9.17) is 11.6 Å². The maximum Gasteiger partial charge on any atom is 0.326 e. The van der Waals surface area contributed by atoms with Gasteiger partial charge >= 0.3 is 6.03 Å². The Labute approximate surface area is 177 Å². The number of piperidine rings is 1. The van der Waals surface area contributed by atoms with E-state index >= 15 is 0 Å². The second-order valence-corrected chi connectivity index (χ2v) is 8.04. The molecule has 1 fully saturated rings. The van der Waals surface area contributed by atoms with Gasteiger partial charge in [-0.15, -0.1) is 0 Å². The highest BCUT2D eigenvalue weighted by Gasteiger charge is 2.37. The van der Waals surface area contributed by atoms with Crippen LogP contribution in [-0.4, -0.2) is 49.1 Å². The maximum atomic E-state index is 13.5. The van der Waals surface area contributed by atoms with Gasteiger partial charge in [0, 0.05) is 44.7 Å². The molecule has 2 aliphatic rings. The minimum Gasteiger partial charge on any atom is -0.381 e. The lowest BCUT2D eigenvalue weighted by Crippen LogP contribution is -2.55. The lowest BCUT2D eigenvalue weighted by Gasteiger charge is -2.41. The van der Waals surface area contributed by atoms with E-state index in [1.807, 2.05) is 29.2 Å². The molecule has 9 heteroatoms. The monoisotopic (exact) mass is 438 g/mol. The van der Waals surface area contributed by atoms with E-state index in [0.29, 0.717) is 24.5 Å². The van der Waals surface area contributed by atoms with E-state index in [2.05, 4.69) is 10.6 Å². The Balaban J connectivity index is 1.55. The molecule has 0 aromatic heterocycles. The highest BCUT2D eigenvalue weighted by molar-refractivity contribution is 6.31. The molecule has 2 aliphatic heterocycles. The first kappa shape index (κ1) is 20.8. The molecule has 1 atom stereocenters. The van der Waals surface area contributed by atoms with Crippen LogP contribution in [0.4, 0.5) is 35.0 Å². The molecule has 0 bridgehead atoms. The van der Waals surface area contributed by atoms with Crippen LogP contribution in [0.1, 0.15) is 12.8 Å². The fourth-order valence-electron chi connectivity index (χ4n) is 3.89. The summed E-state index contributed by atoms with van der Waals surface area (Å²) in [7, 11) is 0. The van der Waals surface area contributed by atoms with Crippen LogP contribution in [0.15, 0.2) is 42.5 Å². The number of amides is 2. The van der Waals surface area contributed by atoms with Crippen LogP contribution < -0.4 is 15.5 Å². The van der Waals surface area contributed by atoms with Gasteiger partial charge in [0.25, 0.3) is 5.92 Å². The molecule has 2 N–H and O–H groups in total. The Morgan fingerprint density at radius 1 is 1.20 bits per heavy atom. The molecule has 0 aliphatic carbocycles. The minimum absolute atomic E-state index is 0.0840. The number of carbonyl (C=O) groups is 1. The summed E-state index contributed by atoms with van der Waals surface area (Å²) in [6.07, 6.45) is -0.353. The van der Waals surface area contributed by atoms with Crippen LogP contribution in [0.3, 0.4) is 0 Å². The largest absolute Gasteiger partial charge is 0.381 e. The molecule has 1 unspecified atom stereocenters. The summed E-state index contributed by atoms with van der Waals surface area (Å²) in [5, 5.41) is 6.00. The first-order valence-corrected chi connectivity index (χ1v) is 10.2. The van der Waals surface area contributed by atoms with Gasteiger partial charge in [0.2, 0.25) is 0 Å². The summed E-state index contributed by atoms with van der Waals surface area (Å²) in [6, 6.07) is 10.7. The van der Waals surface area contributed by atoms with E-state index in [9.17, 15) is 18.0 Å². The zero-order chi connectivity index (χ0) is 21.3. The second kappa shape index (κ2) is 8.35. The topological polar surface area (TPSA) is 47.6 Å². The van der Waals surface area contributed by atoms with Crippen LogP contribution in [0, 0.1) is 5.82 Å². The summed E-state index contributed by atoms with van der Waals surface area (Å²) in [5.74, 6) is -3.19. The average molecular weight is 439 g/mol. The van der Waals surface area contributed by atoms with Gasteiger partial charge in [-0.25, -0.2) is 18.0 Å². The van der Waals surface area contributed by atoms with E-state index in [0.717, 1.165) is 5.69 Å². The van der Waals surface area contributed by atoms with Gasteiger partial charge in [0.05, 0.1) is 22.4 Å². The van der Waals surface area contributed by atoms with Crippen molar-refractivity contribution in [2.45, 2.75) is 24.8 Å². The number of nitrogens with zero attached hydrogens (tertiary/aromatic N) is 2. The van der Waals surface area contributed by atoms with Crippen molar-refractivity contribution in [1.29, 1.82) is 0 Å². The van der Waals surface area contributed by atoms with Gasteiger partial charge < -0.3 is 15.5 Å². The predicted octanol–water partition coefficient (Wildman–Crippen LogP) is 5.04. The van der Waals surface area contributed by atoms with Crippen molar-refractivity contribution in [2.75, 3.05) is 41.7 Å². The molecule has 4 rings (SSSR count). The van der Waals surface area contributed by atoms with E-state index in [-0.39, 0.29) is 43.0 Å². The third kappa shape index (κ3) is 4.49. The Kier molecular flexibility index (Phi) is 5.79. The molecule has 2 amide bonds. The fraction of sp³-hybridized carbons (Fsp3) is 0.381. The number of carbonyl (C=O) groups excluding carboxylic acids is 1. The molecule has 0 saturated carbocycles. The number of urea groups is 1. The molecule has 2 aromatic carbocycles. The molecule has 0 spiro atoms. The number of benzene rings is 2. The van der Waals surface area contributed by atoms with Crippen molar-refractivity contribution in [3.05, 3.63) is 53.3 Å². The molecule has 0 radical (unpaired) electrons. The van der Waals surface area contributed by atoms with Crippen molar-refractivity contribution < 1.29 is 18.0 Å². The molecule has 30 heavy (non-hydrogen) atoms. The van der Waals surface area contributed by atoms with Crippen LogP contribution >= 0.6 is 11.6 Å². The third-order valence-electron chi connectivity index (χ3n) is 5.50. The normalized spacial score (nSPS) is 20.9. The highest BCUT2D eigenvalue weighted by atomic mass is 35.5. The number of hydrogen-bond donors (Lipinski definition) is 2. The Hall–Kier alpha value is -2.45. The molecule has 160 valence electrons. The maximum absolute atomic E-state index is 13.5. The number of hydrogen-bond acceptors (Lipinski definition) is 3. The number of para-hydroxylation sites is 2. The van der Waals surface area contributed by atoms with E-state index < -0.39 is 11.7 Å². The van der Waals surface area contributed by atoms with Crippen molar-refractivity contribution in [2.24, 2.45) is 0 Å². The van der Waals surface area contributed by atoms with E-state index in [1.54, 1.807) is 4.90 Å². The number of nitrogens with one attached hydrogen (secondary N) is 2. The lowest BCUT2D eigenvalue weighted by molar-refractivity contribution is -0.0556. The fourth-order valence-corrected chi connectivity index (χ4v) is 4.07. The van der Waals surface area contributed by atoms with Crippen LogP contribution in [0.5, 0.6) is 0 Å². The standard InChI is InChI=1S/C21H22ClF3N4O/c22-16-11-14(5-6-17(16)23)27-20(30)29-15(12-26-18-3-1-2-4-19(18)29)13-28-9-7-21(24,25)8-10-28/h1-6,11,15,26H,7-10,12-13H2,(H,27,30). The van der Waals surface area contributed by atoms with Gasteiger partial charge in [-0.2, -0.15) is 0 Å². The number of anilines is 3. The summed E-state index contributed by atoms with van der Waals surface area (Å²) in [5.41, 5.74) is 1.88. The summed E-state index contributed by atoms with van der Waals surface area (Å²) >= 11 is 5.83. The molecular formula is C21H22ClF3N4O. The van der Waals surface area contributed by atoms with Crippen molar-refractivity contribution in [3.63, 3.8) is 0 Å². The van der Waals surface area contributed by atoms with Gasteiger partial charge in [-0.3, -0.25) is 4.90 Å². The Morgan fingerprint density at radius 3 is 2.67 bits per heavy atom. The number of alkyl halides is 2. The van der Waals surface area contributed by atoms with Crippen LogP contribution in [0.2, 0.25) is 5.02 Å². The highest BCUT2D eigenvalue weighted by Crippen LogP contribution is 2.33. The summed E-state index contributed by atoms with van der Waals surface area (Å²) in [4.78, 5) is 16.8. The average Bonchev–Trinajstić information content (AvgIpc) is 2.72. The van der Waals surface area contributed by atoms with Crippen LogP contribution in [-0.2, 0) is 0 Å². The van der Waals surface area contributed by atoms with Gasteiger partial charge in [-0.05, 0) is 30.3 Å². The van der Waals surface area contributed by atoms with E-state index in [1.165, 1.54) is 18.2 Å². The van der Waals surface area contributed by atoms with Crippen molar-refractivity contribution in [1.82, 2.24) is 4.90 Å². The molecule has 2 heterocycles. The molecule has 5 nitrogen and oxygen atoms in total. The van der Waals surface area contributed by atoms with Crippen molar-refractivity contribution >= 4 is 34.7 Å². The molecule has 2 aromatic rings. The molecule has 1 saturated heterocycles. The Bertz CT molecular complexity index is 932. The number of likely N-dealkylation sites (tertiary alicyclic amines) is 1. The Morgan fingerprint density at radius 2 is 1.93 bits per heavy atom. The zero-order valence-corrected chi connectivity index (χ0v) is 16.9. The number of fused-ring (bicyclic) bond motifs is 1. The third-order valence-corrected chi connectivity index (χ3v) is 5.79. The van der Waals surface area contributed by atoms with Gasteiger partial charge in [0.15, 0.2) is 0 Å². The minimum atomic E-state index is -2.62.